The van der Waals surface area contributed by atoms with Crippen molar-refractivity contribution in [3.63, 3.8) is 0 Å². The second-order valence-electron chi connectivity index (χ2n) is 9.29. The van der Waals surface area contributed by atoms with Crippen LogP contribution < -0.4 is 4.74 Å². The van der Waals surface area contributed by atoms with Crippen molar-refractivity contribution in [2.75, 3.05) is 13.7 Å². The first-order chi connectivity index (χ1) is 16.1. The summed E-state index contributed by atoms with van der Waals surface area (Å²) in [7, 11) is 1.34. The summed E-state index contributed by atoms with van der Waals surface area (Å²) in [6.45, 7) is 4.03. The first-order valence-corrected chi connectivity index (χ1v) is 11.8. The molecule has 0 amide bonds. The average Bonchev–Trinajstić information content (AvgIpc) is 3.20. The molecular weight excluding hydrogens is 506 g/mol. The van der Waals surface area contributed by atoms with Gasteiger partial charge in [-0.25, -0.2) is 0 Å². The van der Waals surface area contributed by atoms with E-state index in [1.54, 1.807) is 12.1 Å². The molecule has 3 aromatic rings. The molecule has 2 aliphatic rings. The van der Waals surface area contributed by atoms with Gasteiger partial charge in [0.1, 0.15) is 36.8 Å². The minimum Gasteiger partial charge on any atom is -0.491 e. The van der Waals surface area contributed by atoms with E-state index in [9.17, 15) is 20.1 Å². The Balaban J connectivity index is 1.44. The minimum absolute atomic E-state index is 0.0458. The van der Waals surface area contributed by atoms with E-state index in [0.717, 1.165) is 26.6 Å². The van der Waals surface area contributed by atoms with Gasteiger partial charge >= 0.3 is 0 Å². The van der Waals surface area contributed by atoms with Gasteiger partial charge in [-0.3, -0.25) is 4.79 Å². The van der Waals surface area contributed by atoms with E-state index in [-0.39, 0.29) is 12.4 Å². The van der Waals surface area contributed by atoms with Crippen molar-refractivity contribution in [1.29, 1.82) is 0 Å². The number of aliphatic hydroxyl groups is 3. The number of ether oxygens (including phenoxy) is 3. The highest BCUT2D eigenvalue weighted by molar-refractivity contribution is 9.10. The highest BCUT2D eigenvalue weighted by atomic mass is 79.9. The largest absolute Gasteiger partial charge is 0.491 e. The van der Waals surface area contributed by atoms with Crippen molar-refractivity contribution in [1.82, 2.24) is 4.98 Å². The number of fused-ring (bicyclic) bond motifs is 4. The molecule has 0 saturated carbocycles. The topological polar surface area (TPSA) is 121 Å². The number of aliphatic hydroxyl groups excluding tert-OH is 3. The number of carbonyl (C=O) groups is 1. The number of methoxy groups -OCH3 is 1. The number of ketones is 1. The fourth-order valence-electron chi connectivity index (χ4n) is 4.90. The maximum absolute atomic E-state index is 13.5. The molecule has 5 unspecified atom stereocenters. The molecule has 0 radical (unpaired) electrons. The Morgan fingerprint density at radius 1 is 1.09 bits per heavy atom. The molecule has 5 atom stereocenters. The monoisotopic (exact) mass is 531 g/mol. The Morgan fingerprint density at radius 2 is 1.85 bits per heavy atom. The van der Waals surface area contributed by atoms with Crippen LogP contribution >= 0.6 is 15.9 Å². The van der Waals surface area contributed by atoms with E-state index in [2.05, 4.69) is 34.8 Å². The van der Waals surface area contributed by atoms with Gasteiger partial charge in [-0.2, -0.15) is 0 Å². The number of nitrogens with one attached hydrogen (secondary N) is 1. The standard InChI is InChI=1S/C25H26BrNO7/c1-25(2)15-9-12(33-10-17-20(29)21(30)22(31)24(32-3)34-17)5-7-13(15)19(28)18-14-6-4-11(26)8-16(14)27-23(18)25/h4-9,17,20-22,24,27,29-31H,10H2,1-3H3. The molecule has 4 N–H and O–H groups in total. The van der Waals surface area contributed by atoms with Gasteiger partial charge in [-0.05, 0) is 35.9 Å². The van der Waals surface area contributed by atoms with Crippen molar-refractivity contribution >= 4 is 32.6 Å². The predicted octanol–water partition coefficient (Wildman–Crippen LogP) is 2.63. The molecular formula is C25H26BrNO7. The highest BCUT2D eigenvalue weighted by Gasteiger charge is 2.44. The quantitative estimate of drug-likeness (QED) is 0.408. The number of hydrogen-bond acceptors (Lipinski definition) is 7. The lowest BCUT2D eigenvalue weighted by Crippen LogP contribution is -2.59. The second-order valence-corrected chi connectivity index (χ2v) is 10.2. The van der Waals surface area contributed by atoms with E-state index < -0.39 is 36.1 Å². The molecule has 1 fully saturated rings. The summed E-state index contributed by atoms with van der Waals surface area (Å²) in [5.74, 6) is 0.447. The Morgan fingerprint density at radius 3 is 2.59 bits per heavy atom. The SMILES string of the molecule is COC1OC(COc2ccc3c(c2)C(C)(C)c2[nH]c4cc(Br)ccc4c2C3=O)C(O)C(O)C1O. The third-order valence-corrected chi connectivity index (χ3v) is 7.33. The summed E-state index contributed by atoms with van der Waals surface area (Å²) in [6.07, 6.45) is -6.11. The van der Waals surface area contributed by atoms with Gasteiger partial charge in [0.05, 0.1) is 5.56 Å². The molecule has 9 heteroatoms. The summed E-state index contributed by atoms with van der Waals surface area (Å²) >= 11 is 3.49. The number of aromatic nitrogens is 1. The van der Waals surface area contributed by atoms with Gasteiger partial charge in [0.15, 0.2) is 12.1 Å². The van der Waals surface area contributed by atoms with Crippen LogP contribution in [0.3, 0.4) is 0 Å². The Bertz CT molecular complexity index is 1270. The van der Waals surface area contributed by atoms with Crippen LogP contribution in [0.5, 0.6) is 5.75 Å². The summed E-state index contributed by atoms with van der Waals surface area (Å²) in [4.78, 5) is 16.9. The Hall–Kier alpha value is -2.27. The molecule has 1 aliphatic heterocycles. The van der Waals surface area contributed by atoms with E-state index in [0.29, 0.717) is 16.9 Å². The third-order valence-electron chi connectivity index (χ3n) is 6.84. The second kappa shape index (κ2) is 8.44. The summed E-state index contributed by atoms with van der Waals surface area (Å²) in [5.41, 5.74) is 3.36. The fourth-order valence-corrected chi connectivity index (χ4v) is 5.26. The lowest BCUT2D eigenvalue weighted by molar-refractivity contribution is -0.293. The number of carbonyl (C=O) groups excluding carboxylic acids is 1. The summed E-state index contributed by atoms with van der Waals surface area (Å²) in [5, 5.41) is 31.2. The summed E-state index contributed by atoms with van der Waals surface area (Å²) < 4.78 is 17.4. The van der Waals surface area contributed by atoms with Crippen LogP contribution in [0.1, 0.15) is 41.0 Å². The number of benzene rings is 2. The molecule has 1 aromatic heterocycles. The zero-order valence-corrected chi connectivity index (χ0v) is 20.5. The molecule has 1 aliphatic carbocycles. The van der Waals surface area contributed by atoms with Crippen LogP contribution in [-0.2, 0) is 14.9 Å². The number of rotatable bonds is 4. The van der Waals surface area contributed by atoms with Crippen molar-refractivity contribution in [2.24, 2.45) is 0 Å². The third kappa shape index (κ3) is 3.59. The normalized spacial score (nSPS) is 28.0. The number of aromatic amines is 1. The highest BCUT2D eigenvalue weighted by Crippen LogP contribution is 2.45. The summed E-state index contributed by atoms with van der Waals surface area (Å²) in [6, 6.07) is 11.1. The minimum atomic E-state index is -1.42. The van der Waals surface area contributed by atoms with Crippen LogP contribution in [0.2, 0.25) is 0 Å². The molecule has 2 heterocycles. The fraction of sp³-hybridized carbons (Fsp3) is 0.400. The van der Waals surface area contributed by atoms with Gasteiger partial charge in [0, 0.05) is 39.2 Å². The zero-order valence-electron chi connectivity index (χ0n) is 18.9. The average molecular weight is 532 g/mol. The molecule has 0 bridgehead atoms. The first kappa shape index (κ1) is 23.5. The van der Waals surface area contributed by atoms with E-state index >= 15 is 0 Å². The van der Waals surface area contributed by atoms with Crippen LogP contribution in [0.4, 0.5) is 0 Å². The lowest BCUT2D eigenvalue weighted by Gasteiger charge is -2.39. The predicted molar refractivity (Wildman–Crippen MR) is 127 cm³/mol. The van der Waals surface area contributed by atoms with Gasteiger partial charge in [0.2, 0.25) is 0 Å². The number of hydrogen-bond donors (Lipinski definition) is 4. The van der Waals surface area contributed by atoms with Crippen LogP contribution in [0, 0.1) is 0 Å². The van der Waals surface area contributed by atoms with E-state index in [1.807, 2.05) is 24.3 Å². The van der Waals surface area contributed by atoms with Crippen LogP contribution in [0.25, 0.3) is 10.9 Å². The number of halogens is 1. The maximum Gasteiger partial charge on any atom is 0.195 e. The number of H-pyrrole nitrogens is 1. The van der Waals surface area contributed by atoms with Gasteiger partial charge in [-0.15, -0.1) is 0 Å². The van der Waals surface area contributed by atoms with Crippen LogP contribution in [0.15, 0.2) is 40.9 Å². The van der Waals surface area contributed by atoms with Crippen molar-refractivity contribution < 1.29 is 34.3 Å². The van der Waals surface area contributed by atoms with Crippen molar-refractivity contribution in [2.45, 2.75) is 50.0 Å². The molecule has 1 saturated heterocycles. The Kier molecular flexibility index (Phi) is 5.83. The zero-order chi connectivity index (χ0) is 24.4. The first-order valence-electron chi connectivity index (χ1n) is 11.0. The molecule has 34 heavy (non-hydrogen) atoms. The molecule has 180 valence electrons. The van der Waals surface area contributed by atoms with Crippen molar-refractivity contribution in [3.05, 3.63) is 63.3 Å². The van der Waals surface area contributed by atoms with Crippen LogP contribution in [-0.4, -0.2) is 70.5 Å². The van der Waals surface area contributed by atoms with E-state index in [4.69, 9.17) is 14.2 Å². The van der Waals surface area contributed by atoms with E-state index in [1.165, 1.54) is 7.11 Å². The van der Waals surface area contributed by atoms with Gasteiger partial charge in [-0.1, -0.05) is 35.8 Å². The van der Waals surface area contributed by atoms with Gasteiger partial charge < -0.3 is 34.5 Å². The lowest BCUT2D eigenvalue weighted by atomic mass is 9.71. The van der Waals surface area contributed by atoms with Crippen molar-refractivity contribution in [3.8, 4) is 5.75 Å². The molecule has 0 spiro atoms. The maximum atomic E-state index is 13.5. The van der Waals surface area contributed by atoms with Gasteiger partial charge in [0.25, 0.3) is 0 Å². The molecule has 2 aromatic carbocycles. The Labute approximate surface area is 204 Å². The smallest absolute Gasteiger partial charge is 0.195 e. The molecule has 8 nitrogen and oxygen atoms in total. The molecule has 5 rings (SSSR count).